The third-order valence-corrected chi connectivity index (χ3v) is 2.55. The molecule has 0 fully saturated rings. The van der Waals surface area contributed by atoms with Crippen LogP contribution in [0.5, 0.6) is 0 Å². The van der Waals surface area contributed by atoms with E-state index in [1.165, 1.54) is 0 Å². The van der Waals surface area contributed by atoms with Gasteiger partial charge < -0.3 is 10.8 Å². The Morgan fingerprint density at radius 3 is 2.47 bits per heavy atom. The van der Waals surface area contributed by atoms with Gasteiger partial charge in [0.1, 0.15) is 0 Å². The van der Waals surface area contributed by atoms with Crippen molar-refractivity contribution < 1.29 is 5.11 Å². The van der Waals surface area contributed by atoms with Crippen molar-refractivity contribution >= 4 is 11.8 Å². The Morgan fingerprint density at radius 2 is 1.76 bits per heavy atom. The van der Waals surface area contributed by atoms with Gasteiger partial charge in [0, 0.05) is 5.69 Å². The van der Waals surface area contributed by atoms with Gasteiger partial charge in [-0.15, -0.1) is 0 Å². The van der Waals surface area contributed by atoms with E-state index in [9.17, 15) is 0 Å². The minimum absolute atomic E-state index is 0.0616. The SMILES string of the molecule is Nc1ccc(-c2cccc(/C=C/CO)c2)cc1. The van der Waals surface area contributed by atoms with Gasteiger partial charge in [-0.25, -0.2) is 0 Å². The molecule has 2 nitrogen and oxygen atoms in total. The molecule has 0 bridgehead atoms. The molecule has 17 heavy (non-hydrogen) atoms. The van der Waals surface area contributed by atoms with Crippen LogP contribution in [0.2, 0.25) is 0 Å². The number of anilines is 1. The predicted octanol–water partition coefficient (Wildman–Crippen LogP) is 2.94. The molecule has 2 heteroatoms. The molecule has 3 N–H and O–H groups in total. The van der Waals surface area contributed by atoms with Crippen LogP contribution in [0.1, 0.15) is 5.56 Å². The van der Waals surface area contributed by atoms with Crippen molar-refractivity contribution in [2.45, 2.75) is 0 Å². The van der Waals surface area contributed by atoms with Gasteiger partial charge >= 0.3 is 0 Å². The van der Waals surface area contributed by atoms with Crippen LogP contribution in [0.4, 0.5) is 5.69 Å². The number of nitrogens with two attached hydrogens (primary N) is 1. The van der Waals surface area contributed by atoms with Gasteiger partial charge in [-0.05, 0) is 34.9 Å². The molecule has 0 atom stereocenters. The van der Waals surface area contributed by atoms with Crippen molar-refractivity contribution in [3.05, 3.63) is 60.2 Å². The standard InChI is InChI=1S/C15H15NO/c16-15-8-6-13(7-9-15)14-5-1-3-12(11-14)4-2-10-17/h1-9,11,17H,10,16H2/b4-2+. The Hall–Kier alpha value is -2.06. The fourth-order valence-corrected chi connectivity index (χ4v) is 1.69. The van der Waals surface area contributed by atoms with Crippen molar-refractivity contribution in [1.29, 1.82) is 0 Å². The summed E-state index contributed by atoms with van der Waals surface area (Å²) >= 11 is 0. The van der Waals surface area contributed by atoms with E-state index in [4.69, 9.17) is 10.8 Å². The highest BCUT2D eigenvalue weighted by atomic mass is 16.2. The molecule has 2 aromatic rings. The summed E-state index contributed by atoms with van der Waals surface area (Å²) in [4.78, 5) is 0. The summed E-state index contributed by atoms with van der Waals surface area (Å²) in [6.45, 7) is 0.0616. The van der Waals surface area contributed by atoms with Gasteiger partial charge in [0.2, 0.25) is 0 Å². The molecular weight excluding hydrogens is 210 g/mol. The Balaban J connectivity index is 2.32. The maximum Gasteiger partial charge on any atom is 0.0615 e. The largest absolute Gasteiger partial charge is 0.399 e. The smallest absolute Gasteiger partial charge is 0.0615 e. The van der Waals surface area contributed by atoms with E-state index < -0.39 is 0 Å². The first kappa shape index (κ1) is 11.4. The monoisotopic (exact) mass is 225 g/mol. The third-order valence-electron chi connectivity index (χ3n) is 2.55. The van der Waals surface area contributed by atoms with Crippen molar-refractivity contribution in [3.8, 4) is 11.1 Å². The number of rotatable bonds is 3. The third kappa shape index (κ3) is 2.95. The first-order valence-corrected chi connectivity index (χ1v) is 5.53. The second-order valence-corrected chi connectivity index (χ2v) is 3.83. The molecule has 0 heterocycles. The maximum absolute atomic E-state index is 8.74. The molecule has 86 valence electrons. The van der Waals surface area contributed by atoms with Crippen LogP contribution < -0.4 is 5.73 Å². The van der Waals surface area contributed by atoms with E-state index >= 15 is 0 Å². The molecule has 0 radical (unpaired) electrons. The van der Waals surface area contributed by atoms with Crippen LogP contribution in [0.25, 0.3) is 17.2 Å². The van der Waals surface area contributed by atoms with E-state index in [2.05, 4.69) is 12.1 Å². The summed E-state index contributed by atoms with van der Waals surface area (Å²) in [5.41, 5.74) is 9.79. The lowest BCUT2D eigenvalue weighted by atomic mass is 10.0. The van der Waals surface area contributed by atoms with Crippen LogP contribution in [0, 0.1) is 0 Å². The maximum atomic E-state index is 8.74. The van der Waals surface area contributed by atoms with Crippen LogP contribution in [0.15, 0.2) is 54.6 Å². The van der Waals surface area contributed by atoms with Crippen molar-refractivity contribution in [1.82, 2.24) is 0 Å². The summed E-state index contributed by atoms with van der Waals surface area (Å²) in [7, 11) is 0. The Morgan fingerprint density at radius 1 is 1.00 bits per heavy atom. The minimum Gasteiger partial charge on any atom is -0.399 e. The lowest BCUT2D eigenvalue weighted by Gasteiger charge is -2.03. The fourth-order valence-electron chi connectivity index (χ4n) is 1.69. The second kappa shape index (κ2) is 5.32. The van der Waals surface area contributed by atoms with Gasteiger partial charge in [0.25, 0.3) is 0 Å². The Bertz CT molecular complexity index is 515. The molecule has 2 rings (SSSR count). The topological polar surface area (TPSA) is 46.2 Å². The molecular formula is C15H15NO. The molecule has 0 aliphatic heterocycles. The Labute approximate surface area is 101 Å². The van der Waals surface area contributed by atoms with Gasteiger partial charge in [-0.3, -0.25) is 0 Å². The molecule has 2 aromatic carbocycles. The van der Waals surface area contributed by atoms with E-state index in [0.717, 1.165) is 22.4 Å². The van der Waals surface area contributed by atoms with E-state index in [-0.39, 0.29) is 6.61 Å². The predicted molar refractivity (Wildman–Crippen MR) is 72.4 cm³/mol. The number of hydrogen-bond acceptors (Lipinski definition) is 2. The zero-order chi connectivity index (χ0) is 12.1. The summed E-state index contributed by atoms with van der Waals surface area (Å²) in [6.07, 6.45) is 3.63. The van der Waals surface area contributed by atoms with Crippen molar-refractivity contribution in [3.63, 3.8) is 0 Å². The first-order chi connectivity index (χ1) is 8.29. The molecule has 0 aliphatic carbocycles. The first-order valence-electron chi connectivity index (χ1n) is 5.53. The number of aliphatic hydroxyl groups excluding tert-OH is 1. The number of aliphatic hydroxyl groups is 1. The van der Waals surface area contributed by atoms with Crippen molar-refractivity contribution in [2.24, 2.45) is 0 Å². The van der Waals surface area contributed by atoms with Gasteiger partial charge in [0.15, 0.2) is 0 Å². The quantitative estimate of drug-likeness (QED) is 0.789. The average molecular weight is 225 g/mol. The van der Waals surface area contributed by atoms with Crippen LogP contribution in [-0.4, -0.2) is 11.7 Å². The average Bonchev–Trinajstić information content (AvgIpc) is 2.37. The molecule has 0 saturated carbocycles. The molecule has 0 saturated heterocycles. The molecule has 0 aromatic heterocycles. The van der Waals surface area contributed by atoms with Crippen LogP contribution in [0.3, 0.4) is 0 Å². The number of hydrogen-bond donors (Lipinski definition) is 2. The van der Waals surface area contributed by atoms with Crippen LogP contribution in [-0.2, 0) is 0 Å². The fraction of sp³-hybridized carbons (Fsp3) is 0.0667. The summed E-state index contributed by atoms with van der Waals surface area (Å²) < 4.78 is 0. The van der Waals surface area contributed by atoms with Gasteiger partial charge in [-0.1, -0.05) is 42.5 Å². The van der Waals surface area contributed by atoms with Gasteiger partial charge in [-0.2, -0.15) is 0 Å². The highest BCUT2D eigenvalue weighted by Crippen LogP contribution is 2.21. The lowest BCUT2D eigenvalue weighted by Crippen LogP contribution is -1.84. The highest BCUT2D eigenvalue weighted by molar-refractivity contribution is 5.68. The highest BCUT2D eigenvalue weighted by Gasteiger charge is 1.97. The lowest BCUT2D eigenvalue weighted by molar-refractivity contribution is 0.343. The Kier molecular flexibility index (Phi) is 3.58. The van der Waals surface area contributed by atoms with Gasteiger partial charge in [0.05, 0.1) is 6.61 Å². The van der Waals surface area contributed by atoms with Crippen molar-refractivity contribution in [2.75, 3.05) is 12.3 Å². The molecule has 0 spiro atoms. The molecule has 0 amide bonds. The van der Waals surface area contributed by atoms with Crippen LogP contribution >= 0.6 is 0 Å². The molecule has 0 unspecified atom stereocenters. The van der Waals surface area contributed by atoms with E-state index in [0.29, 0.717) is 0 Å². The zero-order valence-electron chi connectivity index (χ0n) is 9.51. The summed E-state index contributed by atoms with van der Waals surface area (Å²) in [5.74, 6) is 0. The molecule has 0 aliphatic rings. The van der Waals surface area contributed by atoms with E-state index in [1.807, 2.05) is 42.5 Å². The summed E-state index contributed by atoms with van der Waals surface area (Å²) in [5, 5.41) is 8.74. The van der Waals surface area contributed by atoms with E-state index in [1.54, 1.807) is 6.08 Å². The number of nitrogen functional groups attached to an aromatic ring is 1. The number of benzene rings is 2. The zero-order valence-corrected chi connectivity index (χ0v) is 9.51. The summed E-state index contributed by atoms with van der Waals surface area (Å²) in [6, 6.07) is 15.9. The second-order valence-electron chi connectivity index (χ2n) is 3.83. The normalized spacial score (nSPS) is 10.9. The minimum atomic E-state index is 0.0616.